The number of likely N-dealkylation sites (N-methyl/N-ethyl adjacent to an activating group) is 1. The fraction of sp³-hybridized carbons (Fsp3) is 1.00. The molecule has 0 bridgehead atoms. The topological polar surface area (TPSA) is 15.3 Å². The maximum Gasteiger partial charge on any atom is 0.0101 e. The maximum absolute atomic E-state index is 3.38. The third kappa shape index (κ3) is 8.40. The Balaban J connectivity index is 2.77. The largest absolute Gasteiger partial charge is 0.315 e. The maximum atomic E-state index is 3.38. The normalized spacial score (nSPS) is 10.8. The molecule has 0 saturated heterocycles. The van der Waals surface area contributed by atoms with E-state index in [4.69, 9.17) is 0 Å². The minimum absolute atomic E-state index is 1.10. The van der Waals surface area contributed by atoms with Gasteiger partial charge in [-0.25, -0.2) is 0 Å². The summed E-state index contributed by atoms with van der Waals surface area (Å²) < 4.78 is 0. The molecule has 0 atom stereocenters. The van der Waals surface area contributed by atoms with Crippen LogP contribution in [-0.4, -0.2) is 44.0 Å². The number of halogens is 1. The number of alkyl halides is 1. The lowest BCUT2D eigenvalue weighted by molar-refractivity contribution is 0.400. The first kappa shape index (κ1) is 10.4. The van der Waals surface area contributed by atoms with Gasteiger partial charge in [0.25, 0.3) is 0 Å². The molecule has 0 aliphatic carbocycles. The van der Waals surface area contributed by atoms with Crippen molar-refractivity contribution in [1.82, 2.24) is 10.2 Å². The monoisotopic (exact) mass is 208 g/mol. The summed E-state index contributed by atoms with van der Waals surface area (Å²) in [4.78, 5) is 2.18. The van der Waals surface area contributed by atoms with Crippen LogP contribution in [0.5, 0.6) is 0 Å². The van der Waals surface area contributed by atoms with E-state index in [1.54, 1.807) is 0 Å². The van der Waals surface area contributed by atoms with Crippen LogP contribution in [0.2, 0.25) is 0 Å². The van der Waals surface area contributed by atoms with Crippen LogP contribution >= 0.6 is 15.9 Å². The molecule has 2 nitrogen and oxygen atoms in total. The van der Waals surface area contributed by atoms with Crippen molar-refractivity contribution in [3.63, 3.8) is 0 Å². The first-order valence-electron chi connectivity index (χ1n) is 3.69. The van der Waals surface area contributed by atoms with Gasteiger partial charge in [-0.15, -0.1) is 0 Å². The molecular weight excluding hydrogens is 192 g/mol. The Bertz CT molecular complexity index is 66.6. The van der Waals surface area contributed by atoms with E-state index in [1.165, 1.54) is 6.42 Å². The van der Waals surface area contributed by atoms with Gasteiger partial charge in [-0.2, -0.15) is 0 Å². The van der Waals surface area contributed by atoms with Gasteiger partial charge < -0.3 is 10.2 Å². The zero-order valence-electron chi connectivity index (χ0n) is 6.86. The molecule has 0 saturated carbocycles. The molecule has 0 aromatic heterocycles. The van der Waals surface area contributed by atoms with Crippen molar-refractivity contribution >= 4 is 15.9 Å². The highest BCUT2D eigenvalue weighted by Crippen LogP contribution is 1.83. The van der Waals surface area contributed by atoms with Crippen molar-refractivity contribution in [2.45, 2.75) is 6.42 Å². The standard InChI is InChI=1S/C7H17BrN2/c1-10(2)7-6-9-5-3-4-8/h9H,3-7H2,1-2H3. The molecule has 10 heavy (non-hydrogen) atoms. The predicted octanol–water partition coefficient (Wildman–Crippen LogP) is 0.923. The molecule has 0 aliphatic heterocycles. The highest BCUT2D eigenvalue weighted by Gasteiger charge is 1.88. The number of hydrogen-bond donors (Lipinski definition) is 1. The summed E-state index contributed by atoms with van der Waals surface area (Å²) in [6.07, 6.45) is 1.22. The Morgan fingerprint density at radius 1 is 1.30 bits per heavy atom. The first-order chi connectivity index (χ1) is 4.77. The van der Waals surface area contributed by atoms with Gasteiger partial charge in [0.2, 0.25) is 0 Å². The number of nitrogens with one attached hydrogen (secondary N) is 1. The second-order valence-electron chi connectivity index (χ2n) is 2.60. The average Bonchev–Trinajstić information content (AvgIpc) is 1.87. The van der Waals surface area contributed by atoms with Gasteiger partial charge in [0.15, 0.2) is 0 Å². The van der Waals surface area contributed by atoms with Crippen LogP contribution < -0.4 is 5.32 Å². The summed E-state index contributed by atoms with van der Waals surface area (Å²) in [6.45, 7) is 3.35. The van der Waals surface area contributed by atoms with Crippen LogP contribution in [-0.2, 0) is 0 Å². The van der Waals surface area contributed by atoms with E-state index in [2.05, 4.69) is 40.2 Å². The Kier molecular flexibility index (Phi) is 7.81. The van der Waals surface area contributed by atoms with Crippen molar-refractivity contribution in [2.24, 2.45) is 0 Å². The van der Waals surface area contributed by atoms with Gasteiger partial charge in [0, 0.05) is 18.4 Å². The van der Waals surface area contributed by atoms with Gasteiger partial charge in [-0.1, -0.05) is 15.9 Å². The molecular formula is C7H17BrN2. The van der Waals surface area contributed by atoms with Gasteiger partial charge >= 0.3 is 0 Å². The van der Waals surface area contributed by atoms with Crippen molar-refractivity contribution in [3.05, 3.63) is 0 Å². The third-order valence-corrected chi connectivity index (χ3v) is 1.78. The second kappa shape index (κ2) is 7.51. The van der Waals surface area contributed by atoms with Crippen LogP contribution in [0.3, 0.4) is 0 Å². The molecule has 1 N–H and O–H groups in total. The molecule has 62 valence electrons. The Morgan fingerprint density at radius 3 is 2.50 bits per heavy atom. The summed E-state index contributed by atoms with van der Waals surface area (Å²) in [5.74, 6) is 0. The fourth-order valence-electron chi connectivity index (χ4n) is 0.619. The lowest BCUT2D eigenvalue weighted by Gasteiger charge is -2.09. The van der Waals surface area contributed by atoms with E-state index < -0.39 is 0 Å². The van der Waals surface area contributed by atoms with Crippen LogP contribution in [0.4, 0.5) is 0 Å². The van der Waals surface area contributed by atoms with Crippen molar-refractivity contribution in [3.8, 4) is 0 Å². The molecule has 0 heterocycles. The van der Waals surface area contributed by atoms with Crippen LogP contribution in [0.25, 0.3) is 0 Å². The zero-order chi connectivity index (χ0) is 7.82. The molecule has 0 aromatic carbocycles. The Morgan fingerprint density at radius 2 is 2.00 bits per heavy atom. The van der Waals surface area contributed by atoms with Gasteiger partial charge in [0.1, 0.15) is 0 Å². The lowest BCUT2D eigenvalue weighted by atomic mass is 10.4. The summed E-state index contributed by atoms with van der Waals surface area (Å²) in [5.41, 5.74) is 0. The molecule has 0 aromatic rings. The van der Waals surface area contributed by atoms with Gasteiger partial charge in [-0.3, -0.25) is 0 Å². The molecule has 0 spiro atoms. The molecule has 0 aliphatic rings. The van der Waals surface area contributed by atoms with E-state index in [9.17, 15) is 0 Å². The van der Waals surface area contributed by atoms with E-state index in [1.807, 2.05) is 0 Å². The SMILES string of the molecule is CN(C)CCNCCCBr. The van der Waals surface area contributed by atoms with E-state index in [-0.39, 0.29) is 0 Å². The number of nitrogens with zero attached hydrogens (tertiary/aromatic N) is 1. The summed E-state index contributed by atoms with van der Waals surface area (Å²) in [6, 6.07) is 0. The highest BCUT2D eigenvalue weighted by molar-refractivity contribution is 9.09. The number of rotatable bonds is 6. The predicted molar refractivity (Wildman–Crippen MR) is 49.8 cm³/mol. The Labute approximate surface area is 72.1 Å². The lowest BCUT2D eigenvalue weighted by Crippen LogP contribution is -2.27. The van der Waals surface area contributed by atoms with Crippen LogP contribution in [0.15, 0.2) is 0 Å². The molecule has 0 amide bonds. The summed E-state index contributed by atoms with van der Waals surface area (Å²) in [7, 11) is 4.18. The van der Waals surface area contributed by atoms with Crippen molar-refractivity contribution < 1.29 is 0 Å². The van der Waals surface area contributed by atoms with Crippen LogP contribution in [0.1, 0.15) is 6.42 Å². The van der Waals surface area contributed by atoms with Gasteiger partial charge in [0.05, 0.1) is 0 Å². The van der Waals surface area contributed by atoms with E-state index >= 15 is 0 Å². The molecule has 0 unspecified atom stereocenters. The minimum Gasteiger partial charge on any atom is -0.315 e. The zero-order valence-corrected chi connectivity index (χ0v) is 8.45. The fourth-order valence-corrected chi connectivity index (χ4v) is 0.900. The molecule has 0 radical (unpaired) electrons. The first-order valence-corrected chi connectivity index (χ1v) is 4.81. The smallest absolute Gasteiger partial charge is 0.0101 e. The Hall–Kier alpha value is 0.400. The summed E-state index contributed by atoms with van der Waals surface area (Å²) >= 11 is 3.38. The van der Waals surface area contributed by atoms with Gasteiger partial charge in [-0.05, 0) is 27.1 Å². The van der Waals surface area contributed by atoms with E-state index in [0.717, 1.165) is 25.0 Å². The second-order valence-corrected chi connectivity index (χ2v) is 3.39. The number of hydrogen-bond acceptors (Lipinski definition) is 2. The molecule has 3 heteroatoms. The molecule has 0 fully saturated rings. The summed E-state index contributed by atoms with van der Waals surface area (Å²) in [5, 5.41) is 4.45. The van der Waals surface area contributed by atoms with Crippen LogP contribution in [0, 0.1) is 0 Å². The molecule has 0 rings (SSSR count). The average molecular weight is 209 g/mol. The highest BCUT2D eigenvalue weighted by atomic mass is 79.9. The minimum atomic E-state index is 1.10. The van der Waals surface area contributed by atoms with E-state index in [0.29, 0.717) is 0 Å². The quantitative estimate of drug-likeness (QED) is 0.517. The third-order valence-electron chi connectivity index (χ3n) is 1.22. The van der Waals surface area contributed by atoms with Crippen molar-refractivity contribution in [2.75, 3.05) is 39.1 Å². The van der Waals surface area contributed by atoms with Crippen molar-refractivity contribution in [1.29, 1.82) is 0 Å².